The average Bonchev–Trinajstić information content (AvgIpc) is 2.45. The smallest absolute Gasteiger partial charge is 0.150 e. The van der Waals surface area contributed by atoms with Crippen LogP contribution in [-0.2, 0) is 9.84 Å². The van der Waals surface area contributed by atoms with Gasteiger partial charge in [-0.1, -0.05) is 29.8 Å². The number of benzene rings is 1. The van der Waals surface area contributed by atoms with Crippen molar-refractivity contribution in [2.24, 2.45) is 0 Å². The van der Waals surface area contributed by atoms with E-state index in [1.165, 1.54) is 0 Å². The summed E-state index contributed by atoms with van der Waals surface area (Å²) in [5.74, 6) is 1.17. The molecule has 0 aromatic heterocycles. The predicted octanol–water partition coefficient (Wildman–Crippen LogP) is 3.32. The summed E-state index contributed by atoms with van der Waals surface area (Å²) in [7, 11) is -2.92. The van der Waals surface area contributed by atoms with Gasteiger partial charge >= 0.3 is 0 Å². The van der Waals surface area contributed by atoms with E-state index in [0.29, 0.717) is 13.0 Å². The van der Waals surface area contributed by atoms with Crippen LogP contribution in [0, 0.1) is 0 Å². The van der Waals surface area contributed by atoms with Crippen molar-refractivity contribution in [3.05, 3.63) is 28.2 Å². The number of ether oxygens (including phenoxy) is 1. The van der Waals surface area contributed by atoms with Gasteiger partial charge in [-0.15, -0.1) is 0 Å². The quantitative estimate of drug-likeness (QED) is 0.670. The molecule has 0 saturated heterocycles. The summed E-state index contributed by atoms with van der Waals surface area (Å²) >= 11 is 3.47. The van der Waals surface area contributed by atoms with E-state index < -0.39 is 9.84 Å². The number of hydrogen-bond donors (Lipinski definition) is 1. The lowest BCUT2D eigenvalue weighted by Gasteiger charge is -2.18. The fourth-order valence-electron chi connectivity index (χ4n) is 2.01. The minimum atomic E-state index is -2.92. The molecular formula is C15H24BrNO3S. The van der Waals surface area contributed by atoms with Gasteiger partial charge in [-0.3, -0.25) is 0 Å². The summed E-state index contributed by atoms with van der Waals surface area (Å²) in [4.78, 5) is 0. The summed E-state index contributed by atoms with van der Waals surface area (Å²) < 4.78 is 29.7. The number of hydrogen-bond acceptors (Lipinski definition) is 4. The molecule has 1 atom stereocenters. The highest BCUT2D eigenvalue weighted by Crippen LogP contribution is 2.28. The fraction of sp³-hybridized carbons (Fsp3) is 0.600. The third-order valence-corrected chi connectivity index (χ3v) is 5.53. The highest BCUT2D eigenvalue weighted by molar-refractivity contribution is 9.10. The van der Waals surface area contributed by atoms with Crippen LogP contribution in [-0.4, -0.2) is 33.1 Å². The molecule has 0 saturated carbocycles. The van der Waals surface area contributed by atoms with Crippen LogP contribution in [0.5, 0.6) is 5.75 Å². The van der Waals surface area contributed by atoms with Crippen LogP contribution in [0.1, 0.15) is 38.8 Å². The highest BCUT2D eigenvalue weighted by Gasteiger charge is 2.12. The van der Waals surface area contributed by atoms with E-state index in [9.17, 15) is 8.42 Å². The van der Waals surface area contributed by atoms with Gasteiger partial charge in [0.1, 0.15) is 15.6 Å². The molecule has 0 aliphatic rings. The molecule has 6 heteroatoms. The van der Waals surface area contributed by atoms with Crippen molar-refractivity contribution in [1.82, 2.24) is 5.32 Å². The molecular weight excluding hydrogens is 354 g/mol. The Kier molecular flexibility index (Phi) is 7.70. The van der Waals surface area contributed by atoms with E-state index in [1.54, 1.807) is 6.92 Å². The van der Waals surface area contributed by atoms with Gasteiger partial charge in [0.05, 0.1) is 12.4 Å². The summed E-state index contributed by atoms with van der Waals surface area (Å²) in [5.41, 5.74) is 1.07. The summed E-state index contributed by atoms with van der Waals surface area (Å²) in [6, 6.07) is 6.06. The lowest BCUT2D eigenvalue weighted by Crippen LogP contribution is -2.19. The maximum atomic E-state index is 11.4. The lowest BCUT2D eigenvalue weighted by atomic mass is 10.1. The van der Waals surface area contributed by atoms with E-state index in [4.69, 9.17) is 4.74 Å². The Bertz CT molecular complexity index is 546. The van der Waals surface area contributed by atoms with Crippen molar-refractivity contribution < 1.29 is 13.2 Å². The second-order valence-corrected chi connectivity index (χ2v) is 8.29. The molecule has 0 aliphatic heterocycles. The highest BCUT2D eigenvalue weighted by atomic mass is 79.9. The van der Waals surface area contributed by atoms with Crippen molar-refractivity contribution in [2.45, 2.75) is 33.2 Å². The van der Waals surface area contributed by atoms with Gasteiger partial charge in [-0.05, 0) is 38.1 Å². The van der Waals surface area contributed by atoms with Crippen LogP contribution >= 0.6 is 15.9 Å². The van der Waals surface area contributed by atoms with Gasteiger partial charge in [0.15, 0.2) is 0 Å². The zero-order valence-electron chi connectivity index (χ0n) is 12.9. The third kappa shape index (κ3) is 6.36. The van der Waals surface area contributed by atoms with Gasteiger partial charge in [-0.2, -0.15) is 0 Å². The molecule has 0 spiro atoms. The van der Waals surface area contributed by atoms with Crippen LogP contribution in [0.3, 0.4) is 0 Å². The Morgan fingerprint density at radius 3 is 2.67 bits per heavy atom. The van der Waals surface area contributed by atoms with Gasteiger partial charge in [0.2, 0.25) is 0 Å². The molecule has 1 aromatic carbocycles. The second-order valence-electron chi connectivity index (χ2n) is 4.90. The summed E-state index contributed by atoms with van der Waals surface area (Å²) in [6.07, 6.45) is 0.515. The molecule has 0 amide bonds. The first-order valence-electron chi connectivity index (χ1n) is 7.25. The standard InChI is InChI=1S/C15H24BrNO3S/c1-4-17-12(3)14-11-13(16)7-8-15(14)20-9-6-10-21(18,19)5-2/h7-8,11-12,17H,4-6,9-10H2,1-3H3. The Hall–Kier alpha value is -0.590. The average molecular weight is 378 g/mol. The predicted molar refractivity (Wildman–Crippen MR) is 90.7 cm³/mol. The summed E-state index contributed by atoms with van der Waals surface area (Å²) in [5, 5.41) is 3.36. The third-order valence-electron chi connectivity index (χ3n) is 3.25. The molecule has 0 radical (unpaired) electrons. The number of rotatable bonds is 9. The van der Waals surface area contributed by atoms with Gasteiger partial charge in [-0.25, -0.2) is 8.42 Å². The van der Waals surface area contributed by atoms with E-state index in [0.717, 1.165) is 22.3 Å². The van der Waals surface area contributed by atoms with Gasteiger partial charge < -0.3 is 10.1 Å². The molecule has 0 bridgehead atoms. The second kappa shape index (κ2) is 8.76. The summed E-state index contributed by atoms with van der Waals surface area (Å²) in [6.45, 7) is 7.10. The monoisotopic (exact) mass is 377 g/mol. The van der Waals surface area contributed by atoms with Crippen LogP contribution in [0.4, 0.5) is 0 Å². The molecule has 1 N–H and O–H groups in total. The minimum absolute atomic E-state index is 0.179. The molecule has 4 nitrogen and oxygen atoms in total. The van der Waals surface area contributed by atoms with Gasteiger partial charge in [0, 0.05) is 21.8 Å². The van der Waals surface area contributed by atoms with Gasteiger partial charge in [0.25, 0.3) is 0 Å². The van der Waals surface area contributed by atoms with Crippen LogP contribution < -0.4 is 10.1 Å². The van der Waals surface area contributed by atoms with E-state index in [2.05, 4.69) is 35.1 Å². The van der Waals surface area contributed by atoms with Crippen LogP contribution in [0.25, 0.3) is 0 Å². The maximum Gasteiger partial charge on any atom is 0.150 e. The van der Waals surface area contributed by atoms with Crippen molar-refractivity contribution in [2.75, 3.05) is 24.7 Å². The molecule has 0 heterocycles. The number of sulfone groups is 1. The molecule has 1 aromatic rings. The molecule has 0 fully saturated rings. The van der Waals surface area contributed by atoms with Crippen LogP contribution in [0.2, 0.25) is 0 Å². The van der Waals surface area contributed by atoms with E-state index in [1.807, 2.05) is 18.2 Å². The molecule has 120 valence electrons. The largest absolute Gasteiger partial charge is 0.493 e. The first kappa shape index (κ1) is 18.5. The molecule has 1 rings (SSSR count). The minimum Gasteiger partial charge on any atom is -0.493 e. The molecule has 1 unspecified atom stereocenters. The van der Waals surface area contributed by atoms with Crippen molar-refractivity contribution >= 4 is 25.8 Å². The Morgan fingerprint density at radius 2 is 2.05 bits per heavy atom. The van der Waals surface area contributed by atoms with Crippen LogP contribution in [0.15, 0.2) is 22.7 Å². The van der Waals surface area contributed by atoms with E-state index >= 15 is 0 Å². The lowest BCUT2D eigenvalue weighted by molar-refractivity contribution is 0.311. The SMILES string of the molecule is CCNC(C)c1cc(Br)ccc1OCCCS(=O)(=O)CC. The molecule has 0 aliphatic carbocycles. The fourth-order valence-corrected chi connectivity index (χ4v) is 3.24. The zero-order chi connectivity index (χ0) is 15.9. The molecule has 21 heavy (non-hydrogen) atoms. The first-order chi connectivity index (χ1) is 9.89. The Labute approximate surface area is 136 Å². The topological polar surface area (TPSA) is 55.4 Å². The normalized spacial score (nSPS) is 13.1. The Morgan fingerprint density at radius 1 is 1.33 bits per heavy atom. The Balaban J connectivity index is 2.66. The number of nitrogens with one attached hydrogen (secondary N) is 1. The van der Waals surface area contributed by atoms with Crippen molar-refractivity contribution in [3.63, 3.8) is 0 Å². The van der Waals surface area contributed by atoms with E-state index in [-0.39, 0.29) is 17.5 Å². The van der Waals surface area contributed by atoms with Crippen molar-refractivity contribution in [1.29, 1.82) is 0 Å². The zero-order valence-corrected chi connectivity index (χ0v) is 15.3. The number of halogens is 1. The maximum absolute atomic E-state index is 11.4. The van der Waals surface area contributed by atoms with Crippen molar-refractivity contribution in [3.8, 4) is 5.75 Å². The first-order valence-corrected chi connectivity index (χ1v) is 9.87.